The summed E-state index contributed by atoms with van der Waals surface area (Å²) in [4.78, 5) is 4.63. The molecule has 0 bridgehead atoms. The predicted octanol–water partition coefficient (Wildman–Crippen LogP) is 4.94. The molecule has 1 heterocycles. The Hall–Kier alpha value is -1.87. The van der Waals surface area contributed by atoms with E-state index >= 15 is 0 Å². The number of ether oxygens (including phenoxy) is 1. The molecule has 20 heavy (non-hydrogen) atoms. The van der Waals surface area contributed by atoms with E-state index in [1.165, 1.54) is 4.70 Å². The van der Waals surface area contributed by atoms with Gasteiger partial charge in [-0.2, -0.15) is 0 Å². The van der Waals surface area contributed by atoms with Gasteiger partial charge in [-0.05, 0) is 48.9 Å². The molecule has 0 aliphatic carbocycles. The van der Waals surface area contributed by atoms with Crippen LogP contribution in [0.1, 0.15) is 19.8 Å². The molecule has 0 fully saturated rings. The second-order valence-electron chi connectivity index (χ2n) is 4.64. The van der Waals surface area contributed by atoms with Crippen molar-refractivity contribution in [2.24, 2.45) is 0 Å². The Balaban J connectivity index is 1.79. The fourth-order valence-corrected chi connectivity index (χ4v) is 2.92. The van der Waals surface area contributed by atoms with Crippen LogP contribution in [0.5, 0.6) is 5.75 Å². The van der Waals surface area contributed by atoms with Gasteiger partial charge < -0.3 is 4.74 Å². The Morgan fingerprint density at radius 1 is 1.20 bits per heavy atom. The lowest BCUT2D eigenvalue weighted by atomic mass is 10.2. The summed E-state index contributed by atoms with van der Waals surface area (Å²) in [7, 11) is 0. The van der Waals surface area contributed by atoms with Crippen LogP contribution in [-0.2, 0) is 0 Å². The third-order valence-electron chi connectivity index (χ3n) is 3.10. The monoisotopic (exact) mass is 282 g/mol. The topological polar surface area (TPSA) is 22.1 Å². The van der Waals surface area contributed by atoms with E-state index in [1.807, 2.05) is 24.3 Å². The zero-order valence-corrected chi connectivity index (χ0v) is 12.2. The Kier molecular flexibility index (Phi) is 3.97. The molecule has 2 nitrogen and oxygen atoms in total. The molecule has 0 saturated carbocycles. The van der Waals surface area contributed by atoms with Gasteiger partial charge in [-0.15, -0.1) is 11.3 Å². The van der Waals surface area contributed by atoms with E-state index < -0.39 is 0 Å². The lowest BCUT2D eigenvalue weighted by Gasteiger charge is -2.05. The Morgan fingerprint density at radius 2 is 2.05 bits per heavy atom. The van der Waals surface area contributed by atoms with Gasteiger partial charge in [-0.25, -0.2) is 4.98 Å². The third kappa shape index (κ3) is 2.83. The molecule has 0 aliphatic rings. The van der Waals surface area contributed by atoms with Gasteiger partial charge in [0.15, 0.2) is 0 Å². The minimum Gasteiger partial charge on any atom is -0.494 e. The van der Waals surface area contributed by atoms with E-state index in [0.717, 1.165) is 41.3 Å². The molecule has 0 saturated heterocycles. The van der Waals surface area contributed by atoms with E-state index in [-0.39, 0.29) is 0 Å². The first kappa shape index (κ1) is 13.1. The van der Waals surface area contributed by atoms with Crippen molar-refractivity contribution in [2.75, 3.05) is 6.61 Å². The van der Waals surface area contributed by atoms with Gasteiger partial charge in [0.25, 0.3) is 0 Å². The molecule has 3 aromatic rings. The van der Waals surface area contributed by atoms with Crippen molar-refractivity contribution in [3.63, 3.8) is 0 Å². The van der Waals surface area contributed by atoms with Crippen LogP contribution in [0.25, 0.3) is 20.8 Å². The molecule has 0 spiro atoms. The summed E-state index contributed by atoms with van der Waals surface area (Å²) < 4.78 is 6.87. The lowest BCUT2D eigenvalue weighted by Crippen LogP contribution is -1.95. The molecular weight excluding hydrogens is 266 g/mol. The zero-order chi connectivity index (χ0) is 13.8. The first-order valence-corrected chi connectivity index (χ1v) is 7.68. The maximum absolute atomic E-state index is 5.67. The van der Waals surface area contributed by atoms with Crippen LogP contribution in [-0.4, -0.2) is 11.6 Å². The highest BCUT2D eigenvalue weighted by Crippen LogP contribution is 2.30. The lowest BCUT2D eigenvalue weighted by molar-refractivity contribution is 0.309. The molecule has 0 amide bonds. The smallest absolute Gasteiger partial charge is 0.124 e. The summed E-state index contributed by atoms with van der Waals surface area (Å²) in [5.74, 6) is 0.927. The van der Waals surface area contributed by atoms with E-state index in [4.69, 9.17) is 4.74 Å². The number of aromatic nitrogens is 1. The molecule has 3 heteroatoms. The number of benzene rings is 2. The molecule has 1 radical (unpaired) electrons. The van der Waals surface area contributed by atoms with Crippen LogP contribution in [0.3, 0.4) is 0 Å². The van der Waals surface area contributed by atoms with Gasteiger partial charge in [0.1, 0.15) is 10.8 Å². The Labute approximate surface area is 123 Å². The van der Waals surface area contributed by atoms with Crippen molar-refractivity contribution in [3.05, 3.63) is 48.5 Å². The van der Waals surface area contributed by atoms with E-state index in [2.05, 4.69) is 36.2 Å². The third-order valence-corrected chi connectivity index (χ3v) is 4.19. The fourth-order valence-electron chi connectivity index (χ4n) is 1.97. The number of hydrogen-bond donors (Lipinski definition) is 0. The number of hydrogen-bond acceptors (Lipinski definition) is 3. The maximum atomic E-state index is 5.67. The molecule has 0 aliphatic heterocycles. The first-order chi connectivity index (χ1) is 9.86. The highest BCUT2D eigenvalue weighted by atomic mass is 32.1. The second kappa shape index (κ2) is 6.06. The Bertz CT molecular complexity index is 655. The van der Waals surface area contributed by atoms with Crippen LogP contribution in [0.2, 0.25) is 0 Å². The molecule has 0 N–H and O–H groups in total. The van der Waals surface area contributed by atoms with Gasteiger partial charge in [0.2, 0.25) is 0 Å². The van der Waals surface area contributed by atoms with Crippen LogP contribution in [0.15, 0.2) is 42.5 Å². The molecule has 101 valence electrons. The van der Waals surface area contributed by atoms with Crippen molar-refractivity contribution in [1.82, 2.24) is 4.98 Å². The number of nitrogens with zero attached hydrogens (tertiary/aromatic N) is 1. The van der Waals surface area contributed by atoms with Gasteiger partial charge in [-0.1, -0.05) is 19.4 Å². The number of fused-ring (bicyclic) bond motifs is 1. The standard InChI is InChI=1S/C17H16NOS/c1-2-3-12-19-14-10-8-13(9-11-14)17-18-15-6-4-5-7-16(15)20-17/h5-11H,2-3,12H2,1H3. The quantitative estimate of drug-likeness (QED) is 0.618. The SMILES string of the molecule is CCCCOc1ccc(-c2nc3c[c]ccc3s2)cc1. The Morgan fingerprint density at radius 3 is 2.80 bits per heavy atom. The number of rotatable bonds is 5. The molecule has 0 unspecified atom stereocenters. The van der Waals surface area contributed by atoms with Crippen molar-refractivity contribution in [2.45, 2.75) is 19.8 Å². The maximum Gasteiger partial charge on any atom is 0.124 e. The molecule has 2 aromatic carbocycles. The average Bonchev–Trinajstić information content (AvgIpc) is 2.92. The van der Waals surface area contributed by atoms with E-state index in [0.29, 0.717) is 0 Å². The second-order valence-corrected chi connectivity index (χ2v) is 5.67. The van der Waals surface area contributed by atoms with Crippen LogP contribution in [0.4, 0.5) is 0 Å². The summed E-state index contributed by atoms with van der Waals surface area (Å²) in [6, 6.07) is 17.1. The highest BCUT2D eigenvalue weighted by Gasteiger charge is 2.05. The van der Waals surface area contributed by atoms with Crippen molar-refractivity contribution < 1.29 is 4.74 Å². The van der Waals surface area contributed by atoms with Crippen LogP contribution < -0.4 is 4.74 Å². The largest absolute Gasteiger partial charge is 0.494 e. The summed E-state index contributed by atoms with van der Waals surface area (Å²) >= 11 is 1.71. The first-order valence-electron chi connectivity index (χ1n) is 6.86. The van der Waals surface area contributed by atoms with Crippen LogP contribution >= 0.6 is 11.3 Å². The van der Waals surface area contributed by atoms with Crippen molar-refractivity contribution >= 4 is 21.6 Å². The van der Waals surface area contributed by atoms with E-state index in [1.54, 1.807) is 11.3 Å². The molecular formula is C17H16NOS. The van der Waals surface area contributed by atoms with Crippen LogP contribution in [0, 0.1) is 6.07 Å². The van der Waals surface area contributed by atoms with Crippen molar-refractivity contribution in [1.29, 1.82) is 0 Å². The van der Waals surface area contributed by atoms with Gasteiger partial charge in [-0.3, -0.25) is 0 Å². The molecule has 3 rings (SSSR count). The number of thiazole rings is 1. The zero-order valence-electron chi connectivity index (χ0n) is 11.4. The summed E-state index contributed by atoms with van der Waals surface area (Å²) in [5, 5.41) is 1.04. The summed E-state index contributed by atoms with van der Waals surface area (Å²) in [5.41, 5.74) is 2.14. The van der Waals surface area contributed by atoms with Crippen molar-refractivity contribution in [3.8, 4) is 16.3 Å². The van der Waals surface area contributed by atoms with Gasteiger partial charge in [0.05, 0.1) is 16.8 Å². The summed E-state index contributed by atoms with van der Waals surface area (Å²) in [6.07, 6.45) is 2.25. The minimum atomic E-state index is 0.785. The minimum absolute atomic E-state index is 0.785. The average molecular weight is 282 g/mol. The molecule has 1 aromatic heterocycles. The molecule has 0 atom stereocenters. The predicted molar refractivity (Wildman–Crippen MR) is 84.3 cm³/mol. The van der Waals surface area contributed by atoms with Gasteiger partial charge in [0, 0.05) is 5.56 Å². The number of unbranched alkanes of at least 4 members (excludes halogenated alkanes) is 1. The highest BCUT2D eigenvalue weighted by molar-refractivity contribution is 7.21. The fraction of sp³-hybridized carbons (Fsp3) is 0.235. The van der Waals surface area contributed by atoms with Gasteiger partial charge >= 0.3 is 0 Å². The summed E-state index contributed by atoms with van der Waals surface area (Å²) in [6.45, 7) is 2.95. The van der Waals surface area contributed by atoms with E-state index in [9.17, 15) is 0 Å². The normalized spacial score (nSPS) is 10.8.